The normalized spacial score (nSPS) is 14.4. The molecule has 26 heavy (non-hydrogen) atoms. The summed E-state index contributed by atoms with van der Waals surface area (Å²) in [6.45, 7) is 3.11. The second-order valence-electron chi connectivity index (χ2n) is 5.89. The van der Waals surface area contributed by atoms with E-state index in [0.717, 1.165) is 24.5 Å². The van der Waals surface area contributed by atoms with Gasteiger partial charge in [-0.05, 0) is 30.3 Å². The van der Waals surface area contributed by atoms with Crippen molar-refractivity contribution < 1.29 is 4.74 Å². The Kier molecular flexibility index (Phi) is 4.28. The molecule has 2 aromatic heterocycles. The van der Waals surface area contributed by atoms with Gasteiger partial charge >= 0.3 is 0 Å². The number of hydrogen-bond acceptors (Lipinski definition) is 8. The van der Waals surface area contributed by atoms with Gasteiger partial charge in [-0.3, -0.25) is 0 Å². The van der Waals surface area contributed by atoms with Gasteiger partial charge in [-0.2, -0.15) is 9.67 Å². The summed E-state index contributed by atoms with van der Waals surface area (Å²) in [6.07, 6.45) is 1.68. The SMILES string of the molecule is Nc1cc(Nc2nc(N)n(-c3ccccn3)n2)ccc1N1CCOCC1. The summed E-state index contributed by atoms with van der Waals surface area (Å²) < 4.78 is 6.86. The van der Waals surface area contributed by atoms with Crippen molar-refractivity contribution in [1.82, 2.24) is 19.7 Å². The van der Waals surface area contributed by atoms with Gasteiger partial charge in [0.25, 0.3) is 0 Å². The average molecular weight is 352 g/mol. The Hall–Kier alpha value is -3.33. The number of benzene rings is 1. The summed E-state index contributed by atoms with van der Waals surface area (Å²) in [5.74, 6) is 1.24. The van der Waals surface area contributed by atoms with Gasteiger partial charge in [-0.15, -0.1) is 5.10 Å². The van der Waals surface area contributed by atoms with Gasteiger partial charge in [0.2, 0.25) is 11.9 Å². The number of nitrogens with two attached hydrogens (primary N) is 2. The molecule has 5 N–H and O–H groups in total. The summed E-state index contributed by atoms with van der Waals surface area (Å²) in [5.41, 5.74) is 14.7. The average Bonchev–Trinajstić information content (AvgIpc) is 3.03. The summed E-state index contributed by atoms with van der Waals surface area (Å²) in [6, 6.07) is 11.3. The van der Waals surface area contributed by atoms with Gasteiger partial charge in [0.15, 0.2) is 5.82 Å². The molecule has 1 aliphatic heterocycles. The molecule has 3 heterocycles. The summed E-state index contributed by atoms with van der Waals surface area (Å²) in [7, 11) is 0. The van der Waals surface area contributed by atoms with Crippen LogP contribution in [0.25, 0.3) is 5.82 Å². The number of aromatic nitrogens is 4. The maximum Gasteiger partial charge on any atom is 0.248 e. The zero-order valence-electron chi connectivity index (χ0n) is 14.2. The molecule has 0 saturated carbocycles. The molecule has 1 saturated heterocycles. The third-order valence-corrected chi connectivity index (χ3v) is 4.13. The van der Waals surface area contributed by atoms with Crippen molar-refractivity contribution in [3.8, 4) is 5.82 Å². The fourth-order valence-corrected chi connectivity index (χ4v) is 2.88. The van der Waals surface area contributed by atoms with E-state index in [9.17, 15) is 0 Å². The monoisotopic (exact) mass is 352 g/mol. The van der Waals surface area contributed by atoms with Gasteiger partial charge in [0, 0.05) is 25.0 Å². The molecule has 0 radical (unpaired) electrons. The van der Waals surface area contributed by atoms with Gasteiger partial charge in [0.05, 0.1) is 24.6 Å². The van der Waals surface area contributed by atoms with E-state index in [2.05, 4.69) is 25.3 Å². The first-order valence-corrected chi connectivity index (χ1v) is 8.34. The molecule has 0 unspecified atom stereocenters. The molecule has 134 valence electrons. The molecule has 0 spiro atoms. The predicted molar refractivity (Wildman–Crippen MR) is 101 cm³/mol. The number of nitrogens with one attached hydrogen (secondary N) is 1. The quantitative estimate of drug-likeness (QED) is 0.603. The molecule has 0 amide bonds. The molecule has 0 bridgehead atoms. The lowest BCUT2D eigenvalue weighted by molar-refractivity contribution is 0.123. The lowest BCUT2D eigenvalue weighted by Gasteiger charge is -2.30. The van der Waals surface area contributed by atoms with Crippen molar-refractivity contribution >= 4 is 29.0 Å². The summed E-state index contributed by atoms with van der Waals surface area (Å²) in [4.78, 5) is 10.7. The summed E-state index contributed by atoms with van der Waals surface area (Å²) in [5, 5.41) is 7.49. The van der Waals surface area contributed by atoms with Crippen molar-refractivity contribution in [2.24, 2.45) is 0 Å². The van der Waals surface area contributed by atoms with Crippen LogP contribution in [0.2, 0.25) is 0 Å². The fraction of sp³-hybridized carbons (Fsp3) is 0.235. The van der Waals surface area contributed by atoms with Crippen LogP contribution in [-0.2, 0) is 4.74 Å². The van der Waals surface area contributed by atoms with Crippen LogP contribution < -0.4 is 21.7 Å². The molecule has 3 aromatic rings. The van der Waals surface area contributed by atoms with E-state index in [1.165, 1.54) is 4.68 Å². The van der Waals surface area contributed by atoms with Crippen LogP contribution in [0, 0.1) is 0 Å². The molecular weight excluding hydrogens is 332 g/mol. The van der Waals surface area contributed by atoms with Crippen molar-refractivity contribution in [2.45, 2.75) is 0 Å². The number of nitrogens with zero attached hydrogens (tertiary/aromatic N) is 5. The van der Waals surface area contributed by atoms with Gasteiger partial charge < -0.3 is 26.4 Å². The number of ether oxygens (including phenoxy) is 1. The minimum Gasteiger partial charge on any atom is -0.397 e. The lowest BCUT2D eigenvalue weighted by Crippen LogP contribution is -2.36. The van der Waals surface area contributed by atoms with Crippen LogP contribution in [0.3, 0.4) is 0 Å². The molecule has 0 aliphatic carbocycles. The van der Waals surface area contributed by atoms with E-state index in [1.807, 2.05) is 36.4 Å². The first-order chi connectivity index (χ1) is 12.7. The largest absolute Gasteiger partial charge is 0.397 e. The van der Waals surface area contributed by atoms with Crippen molar-refractivity contribution in [3.63, 3.8) is 0 Å². The van der Waals surface area contributed by atoms with Crippen molar-refractivity contribution in [3.05, 3.63) is 42.6 Å². The zero-order valence-corrected chi connectivity index (χ0v) is 14.2. The second-order valence-corrected chi connectivity index (χ2v) is 5.89. The van der Waals surface area contributed by atoms with E-state index in [-0.39, 0.29) is 5.95 Å². The minimum atomic E-state index is 0.254. The third kappa shape index (κ3) is 3.24. The Bertz CT molecular complexity index is 889. The van der Waals surface area contributed by atoms with Crippen LogP contribution in [0.1, 0.15) is 0 Å². The number of rotatable bonds is 4. The highest BCUT2D eigenvalue weighted by atomic mass is 16.5. The van der Waals surface area contributed by atoms with Crippen molar-refractivity contribution in [1.29, 1.82) is 0 Å². The van der Waals surface area contributed by atoms with Crippen LogP contribution in [0.4, 0.5) is 29.0 Å². The Morgan fingerprint density at radius 1 is 1.08 bits per heavy atom. The first-order valence-electron chi connectivity index (χ1n) is 8.34. The Balaban J connectivity index is 1.53. The molecule has 1 fully saturated rings. The predicted octanol–water partition coefficient (Wildman–Crippen LogP) is 1.41. The first kappa shape index (κ1) is 16.2. The van der Waals surface area contributed by atoms with Gasteiger partial charge in [-0.1, -0.05) is 6.07 Å². The van der Waals surface area contributed by atoms with Crippen LogP contribution in [0.15, 0.2) is 42.6 Å². The second kappa shape index (κ2) is 6.89. The zero-order chi connectivity index (χ0) is 17.9. The molecule has 1 aromatic carbocycles. The maximum atomic E-state index is 6.23. The highest BCUT2D eigenvalue weighted by Crippen LogP contribution is 2.28. The van der Waals surface area contributed by atoms with E-state index in [4.69, 9.17) is 16.2 Å². The van der Waals surface area contributed by atoms with Crippen LogP contribution in [0.5, 0.6) is 0 Å². The molecule has 9 heteroatoms. The smallest absolute Gasteiger partial charge is 0.248 e. The number of pyridine rings is 1. The standard InChI is InChI=1S/C17H20N8O/c18-13-11-12(4-5-14(13)24-7-9-26-10-8-24)21-17-22-16(19)25(23-17)15-3-1-2-6-20-15/h1-6,11H,7-10,18H2,(H3,19,21,22,23). The highest BCUT2D eigenvalue weighted by molar-refractivity contribution is 5.74. The number of hydrogen-bond donors (Lipinski definition) is 3. The molecular formula is C17H20N8O. The topological polar surface area (TPSA) is 120 Å². The van der Waals surface area contributed by atoms with Crippen LogP contribution >= 0.6 is 0 Å². The van der Waals surface area contributed by atoms with Gasteiger partial charge in [-0.25, -0.2) is 4.98 Å². The van der Waals surface area contributed by atoms with Crippen molar-refractivity contribution in [2.75, 3.05) is 48.0 Å². The van der Waals surface area contributed by atoms with E-state index >= 15 is 0 Å². The molecule has 0 atom stereocenters. The third-order valence-electron chi connectivity index (χ3n) is 4.13. The number of morpholine rings is 1. The fourth-order valence-electron chi connectivity index (χ4n) is 2.88. The minimum absolute atomic E-state index is 0.254. The van der Waals surface area contributed by atoms with E-state index in [0.29, 0.717) is 30.7 Å². The van der Waals surface area contributed by atoms with Gasteiger partial charge in [0.1, 0.15) is 0 Å². The maximum absolute atomic E-state index is 6.23. The molecule has 4 rings (SSSR count). The Labute approximate surface area is 150 Å². The highest BCUT2D eigenvalue weighted by Gasteiger charge is 2.15. The summed E-state index contributed by atoms with van der Waals surface area (Å²) >= 11 is 0. The van der Waals surface area contributed by atoms with Crippen LogP contribution in [-0.4, -0.2) is 46.1 Å². The Morgan fingerprint density at radius 2 is 1.92 bits per heavy atom. The number of anilines is 5. The number of nitrogen functional groups attached to an aromatic ring is 2. The Morgan fingerprint density at radius 3 is 2.65 bits per heavy atom. The van der Waals surface area contributed by atoms with E-state index < -0.39 is 0 Å². The molecule has 1 aliphatic rings. The molecule has 9 nitrogen and oxygen atoms in total. The van der Waals surface area contributed by atoms with E-state index in [1.54, 1.807) is 6.20 Å². The lowest BCUT2D eigenvalue weighted by atomic mass is 10.2.